The Hall–Kier alpha value is -1.09. The minimum Gasteiger partial charge on any atom is -0.397 e. The summed E-state index contributed by atoms with van der Waals surface area (Å²) in [5, 5.41) is 1.31. The number of anilines is 1. The molecule has 0 aliphatic carbocycles. The van der Waals surface area contributed by atoms with E-state index < -0.39 is 0 Å². The van der Waals surface area contributed by atoms with Crippen molar-refractivity contribution in [3.63, 3.8) is 0 Å². The van der Waals surface area contributed by atoms with E-state index in [4.69, 9.17) is 5.73 Å². The van der Waals surface area contributed by atoms with Crippen LogP contribution in [-0.2, 0) is 12.3 Å². The quantitative estimate of drug-likeness (QED) is 0.821. The fraction of sp³-hybridized carbons (Fsp3) is 0.385. The molecule has 0 fully saturated rings. The van der Waals surface area contributed by atoms with Gasteiger partial charge in [0.25, 0.3) is 0 Å². The van der Waals surface area contributed by atoms with Crippen LogP contribution < -0.4 is 5.73 Å². The molecule has 0 amide bonds. The van der Waals surface area contributed by atoms with Crippen LogP contribution in [-0.4, -0.2) is 10.3 Å². The number of rotatable bonds is 4. The lowest BCUT2D eigenvalue weighted by molar-refractivity contribution is 0.796. The molecular weight excluding hydrogens is 216 g/mol. The van der Waals surface area contributed by atoms with Crippen LogP contribution in [0.5, 0.6) is 0 Å². The number of nitrogen functional groups attached to an aromatic ring is 1. The maximum atomic E-state index is 6.05. The summed E-state index contributed by atoms with van der Waals surface area (Å²) in [4.78, 5) is 0. The van der Waals surface area contributed by atoms with Gasteiger partial charge in [-0.25, -0.2) is 0 Å². The lowest BCUT2D eigenvalue weighted by atomic mass is 10.2. The Balaban J connectivity index is 2.54. The van der Waals surface area contributed by atoms with Gasteiger partial charge in [-0.05, 0) is 24.3 Å². The van der Waals surface area contributed by atoms with Crippen molar-refractivity contribution in [3.05, 3.63) is 30.0 Å². The molecule has 2 N–H and O–H groups in total. The molecule has 16 heavy (non-hydrogen) atoms. The molecule has 1 aromatic carbocycles. The van der Waals surface area contributed by atoms with Gasteiger partial charge in [-0.3, -0.25) is 0 Å². The number of thioether (sulfide) groups is 1. The van der Waals surface area contributed by atoms with Crippen LogP contribution in [0, 0.1) is 0 Å². The van der Waals surface area contributed by atoms with Gasteiger partial charge in [0.1, 0.15) is 0 Å². The minimum atomic E-state index is 0.882. The summed E-state index contributed by atoms with van der Waals surface area (Å²) >= 11 is 1.95. The molecule has 0 unspecified atom stereocenters. The van der Waals surface area contributed by atoms with E-state index in [9.17, 15) is 0 Å². The molecule has 0 aliphatic rings. The second kappa shape index (κ2) is 4.83. The summed E-state index contributed by atoms with van der Waals surface area (Å²) in [5.74, 6) is 2.23. The highest BCUT2D eigenvalue weighted by molar-refractivity contribution is 7.98. The van der Waals surface area contributed by atoms with E-state index in [1.807, 2.05) is 23.9 Å². The fourth-order valence-corrected chi connectivity index (χ4v) is 2.69. The molecule has 86 valence electrons. The van der Waals surface area contributed by atoms with Crippen molar-refractivity contribution in [2.45, 2.75) is 26.1 Å². The van der Waals surface area contributed by atoms with Gasteiger partial charge in [0, 0.05) is 23.9 Å². The van der Waals surface area contributed by atoms with Gasteiger partial charge in [0.05, 0.1) is 11.2 Å². The van der Waals surface area contributed by atoms with Crippen LogP contribution in [0.1, 0.15) is 19.4 Å². The highest BCUT2D eigenvalue weighted by Crippen LogP contribution is 2.28. The number of nitrogens with zero attached hydrogens (tertiary/aromatic N) is 1. The standard InChI is InChI=1S/C13H18N2S/c1-3-15-8-10(9-16-4-2)11-6-5-7-12(14)13(11)15/h5-8H,3-4,9,14H2,1-2H3. The van der Waals surface area contributed by atoms with Crippen molar-refractivity contribution in [1.29, 1.82) is 0 Å². The van der Waals surface area contributed by atoms with Gasteiger partial charge < -0.3 is 10.3 Å². The molecule has 0 saturated carbocycles. The Morgan fingerprint density at radius 1 is 1.31 bits per heavy atom. The zero-order valence-electron chi connectivity index (χ0n) is 9.86. The van der Waals surface area contributed by atoms with Crippen molar-refractivity contribution >= 4 is 28.4 Å². The number of aromatic nitrogens is 1. The fourth-order valence-electron chi connectivity index (χ4n) is 2.04. The van der Waals surface area contributed by atoms with Crippen LogP contribution in [0.25, 0.3) is 10.9 Å². The minimum absolute atomic E-state index is 0.882. The SMILES string of the molecule is CCSCc1cn(CC)c2c(N)cccc12. The monoisotopic (exact) mass is 234 g/mol. The van der Waals surface area contributed by atoms with Gasteiger partial charge in [0.15, 0.2) is 0 Å². The molecular formula is C13H18N2S. The zero-order chi connectivity index (χ0) is 11.5. The van der Waals surface area contributed by atoms with Gasteiger partial charge in [-0.15, -0.1) is 0 Å². The molecule has 0 saturated heterocycles. The number of hydrogen-bond acceptors (Lipinski definition) is 2. The second-order valence-corrected chi connectivity index (χ2v) is 5.10. The molecule has 0 radical (unpaired) electrons. The van der Waals surface area contributed by atoms with Crippen molar-refractivity contribution in [1.82, 2.24) is 4.57 Å². The van der Waals surface area contributed by atoms with Crippen molar-refractivity contribution < 1.29 is 0 Å². The molecule has 2 rings (SSSR count). The van der Waals surface area contributed by atoms with Gasteiger partial charge in [0.2, 0.25) is 0 Å². The predicted molar refractivity (Wildman–Crippen MR) is 73.9 cm³/mol. The van der Waals surface area contributed by atoms with E-state index in [1.165, 1.54) is 16.5 Å². The van der Waals surface area contributed by atoms with E-state index in [0.29, 0.717) is 0 Å². The third-order valence-electron chi connectivity index (χ3n) is 2.81. The Morgan fingerprint density at radius 2 is 2.12 bits per heavy atom. The van der Waals surface area contributed by atoms with E-state index in [2.05, 4.69) is 30.7 Å². The van der Waals surface area contributed by atoms with E-state index in [1.54, 1.807) is 0 Å². The van der Waals surface area contributed by atoms with Gasteiger partial charge in [-0.2, -0.15) is 11.8 Å². The molecule has 0 atom stereocenters. The summed E-state index contributed by atoms with van der Waals surface area (Å²) in [6, 6.07) is 6.19. The normalized spacial score (nSPS) is 11.1. The number of hydrogen-bond donors (Lipinski definition) is 1. The van der Waals surface area contributed by atoms with Crippen LogP contribution in [0.4, 0.5) is 5.69 Å². The zero-order valence-corrected chi connectivity index (χ0v) is 10.7. The highest BCUT2D eigenvalue weighted by Gasteiger charge is 2.09. The predicted octanol–water partition coefficient (Wildman–Crippen LogP) is 3.50. The van der Waals surface area contributed by atoms with Crippen LogP contribution >= 0.6 is 11.8 Å². The molecule has 0 aliphatic heterocycles. The number of nitrogens with two attached hydrogens (primary N) is 1. The lowest BCUT2D eigenvalue weighted by Gasteiger charge is -2.02. The van der Waals surface area contributed by atoms with Crippen molar-refractivity contribution in [2.24, 2.45) is 0 Å². The first-order valence-corrected chi connectivity index (χ1v) is 6.87. The third kappa shape index (κ3) is 1.92. The largest absolute Gasteiger partial charge is 0.397 e. The number of para-hydroxylation sites is 1. The van der Waals surface area contributed by atoms with Crippen molar-refractivity contribution in [3.8, 4) is 0 Å². The Morgan fingerprint density at radius 3 is 2.81 bits per heavy atom. The first kappa shape index (κ1) is 11.4. The molecule has 2 nitrogen and oxygen atoms in total. The summed E-state index contributed by atoms with van der Waals surface area (Å²) < 4.78 is 2.25. The summed E-state index contributed by atoms with van der Waals surface area (Å²) in [5.41, 5.74) is 9.52. The summed E-state index contributed by atoms with van der Waals surface area (Å²) in [6.07, 6.45) is 2.24. The third-order valence-corrected chi connectivity index (χ3v) is 3.74. The van der Waals surface area contributed by atoms with Gasteiger partial charge in [-0.1, -0.05) is 19.1 Å². The summed E-state index contributed by atoms with van der Waals surface area (Å²) in [7, 11) is 0. The second-order valence-electron chi connectivity index (χ2n) is 3.82. The average Bonchev–Trinajstić information content (AvgIpc) is 2.66. The van der Waals surface area contributed by atoms with Gasteiger partial charge >= 0.3 is 0 Å². The molecule has 0 spiro atoms. The average molecular weight is 234 g/mol. The van der Waals surface area contributed by atoms with Crippen LogP contribution in [0.15, 0.2) is 24.4 Å². The van der Waals surface area contributed by atoms with Crippen LogP contribution in [0.3, 0.4) is 0 Å². The smallest absolute Gasteiger partial charge is 0.0716 e. The lowest BCUT2D eigenvalue weighted by Crippen LogP contribution is -1.95. The van der Waals surface area contributed by atoms with Crippen LogP contribution in [0.2, 0.25) is 0 Å². The van der Waals surface area contributed by atoms with Crippen molar-refractivity contribution in [2.75, 3.05) is 11.5 Å². The number of aryl methyl sites for hydroxylation is 1. The maximum absolute atomic E-state index is 6.05. The highest BCUT2D eigenvalue weighted by atomic mass is 32.2. The molecule has 0 bridgehead atoms. The summed E-state index contributed by atoms with van der Waals surface area (Å²) in [6.45, 7) is 5.32. The number of fused-ring (bicyclic) bond motifs is 1. The topological polar surface area (TPSA) is 30.9 Å². The molecule has 1 heterocycles. The molecule has 1 aromatic heterocycles. The first-order valence-electron chi connectivity index (χ1n) is 5.71. The Labute approximate surface area is 101 Å². The first-order chi connectivity index (χ1) is 7.77. The van der Waals surface area contributed by atoms with E-state index in [-0.39, 0.29) is 0 Å². The Kier molecular flexibility index (Phi) is 3.44. The maximum Gasteiger partial charge on any atom is 0.0716 e. The van der Waals surface area contributed by atoms with E-state index in [0.717, 1.165) is 23.7 Å². The Bertz CT molecular complexity index is 488. The number of benzene rings is 1. The molecule has 3 heteroatoms. The molecule has 2 aromatic rings. The van der Waals surface area contributed by atoms with E-state index >= 15 is 0 Å².